The number of hydrogen-bond acceptors (Lipinski definition) is 4. The fraction of sp³-hybridized carbons (Fsp3) is 0.688. The van der Waals surface area contributed by atoms with Crippen molar-refractivity contribution in [3.63, 3.8) is 0 Å². The minimum absolute atomic E-state index is 0.211. The molecule has 0 aromatic carbocycles. The van der Waals surface area contributed by atoms with E-state index in [0.717, 1.165) is 63.7 Å². The van der Waals surface area contributed by atoms with Gasteiger partial charge in [0.1, 0.15) is 0 Å². The minimum atomic E-state index is 0.211. The summed E-state index contributed by atoms with van der Waals surface area (Å²) < 4.78 is 5.41. The minimum Gasteiger partial charge on any atom is -0.379 e. The van der Waals surface area contributed by atoms with Gasteiger partial charge in [-0.3, -0.25) is 9.69 Å². The van der Waals surface area contributed by atoms with Gasteiger partial charge < -0.3 is 9.64 Å². The number of carbonyl (C=O) groups excluding carboxylic acids is 1. The van der Waals surface area contributed by atoms with Crippen molar-refractivity contribution in [1.82, 2.24) is 9.80 Å². The largest absolute Gasteiger partial charge is 0.379 e. The molecule has 0 saturated carbocycles. The smallest absolute Gasteiger partial charge is 0.254 e. The van der Waals surface area contributed by atoms with Gasteiger partial charge in [-0.1, -0.05) is 0 Å². The average molecular weight is 308 g/mol. The van der Waals surface area contributed by atoms with Crippen molar-refractivity contribution >= 4 is 17.2 Å². The summed E-state index contributed by atoms with van der Waals surface area (Å²) >= 11 is 1.59. The van der Waals surface area contributed by atoms with Crippen molar-refractivity contribution < 1.29 is 9.53 Å². The van der Waals surface area contributed by atoms with E-state index < -0.39 is 0 Å². The highest BCUT2D eigenvalue weighted by Gasteiger charge is 2.23. The summed E-state index contributed by atoms with van der Waals surface area (Å²) in [4.78, 5) is 17.0. The molecule has 1 atom stereocenters. The molecule has 1 aromatic heterocycles. The predicted octanol–water partition coefficient (Wildman–Crippen LogP) is 2.32. The van der Waals surface area contributed by atoms with Crippen LogP contribution in [0.3, 0.4) is 0 Å². The van der Waals surface area contributed by atoms with Crippen LogP contribution in [0.1, 0.15) is 29.6 Å². The number of amides is 1. The molecule has 1 amide bonds. The van der Waals surface area contributed by atoms with Crippen LogP contribution in [0.15, 0.2) is 16.8 Å². The van der Waals surface area contributed by atoms with Crippen LogP contribution in [0.5, 0.6) is 0 Å². The number of morpholine rings is 1. The van der Waals surface area contributed by atoms with E-state index in [-0.39, 0.29) is 5.91 Å². The van der Waals surface area contributed by atoms with Crippen LogP contribution in [0.25, 0.3) is 0 Å². The summed E-state index contributed by atoms with van der Waals surface area (Å²) in [5.41, 5.74) is 0.853. The van der Waals surface area contributed by atoms with Crippen molar-refractivity contribution in [1.29, 1.82) is 0 Å². The second-order valence-corrected chi connectivity index (χ2v) is 6.79. The first-order chi connectivity index (χ1) is 10.3. The molecule has 0 radical (unpaired) electrons. The Balaban J connectivity index is 1.50. The Morgan fingerprint density at radius 2 is 2.10 bits per heavy atom. The van der Waals surface area contributed by atoms with E-state index in [1.54, 1.807) is 11.3 Å². The third-order valence-corrected chi connectivity index (χ3v) is 5.21. The molecule has 0 spiro atoms. The molecule has 3 rings (SSSR count). The van der Waals surface area contributed by atoms with E-state index in [2.05, 4.69) is 4.90 Å². The summed E-state index contributed by atoms with van der Waals surface area (Å²) in [7, 11) is 0. The summed E-state index contributed by atoms with van der Waals surface area (Å²) in [6.45, 7) is 6.86. The topological polar surface area (TPSA) is 32.8 Å². The Morgan fingerprint density at radius 3 is 2.86 bits per heavy atom. The van der Waals surface area contributed by atoms with E-state index in [9.17, 15) is 4.79 Å². The van der Waals surface area contributed by atoms with Crippen molar-refractivity contribution in [3.05, 3.63) is 22.4 Å². The lowest BCUT2D eigenvalue weighted by molar-refractivity contribution is 0.0296. The summed E-state index contributed by atoms with van der Waals surface area (Å²) in [5.74, 6) is 0.937. The Kier molecular flexibility index (Phi) is 5.27. The van der Waals surface area contributed by atoms with Gasteiger partial charge in [-0.15, -0.1) is 0 Å². The Morgan fingerprint density at radius 1 is 1.24 bits per heavy atom. The molecule has 21 heavy (non-hydrogen) atoms. The number of carbonyl (C=O) groups is 1. The Bertz CT molecular complexity index is 443. The summed E-state index contributed by atoms with van der Waals surface area (Å²) in [5, 5.41) is 3.94. The third-order valence-electron chi connectivity index (χ3n) is 4.52. The molecule has 0 bridgehead atoms. The highest BCUT2D eigenvalue weighted by molar-refractivity contribution is 7.08. The number of nitrogens with zero attached hydrogens (tertiary/aromatic N) is 2. The molecule has 2 aliphatic rings. The normalized spacial score (nSPS) is 24.8. The summed E-state index contributed by atoms with van der Waals surface area (Å²) in [6.07, 6.45) is 3.50. The molecule has 0 aliphatic carbocycles. The first-order valence-corrected chi connectivity index (χ1v) is 8.89. The van der Waals surface area contributed by atoms with Crippen LogP contribution in [0.2, 0.25) is 0 Å². The zero-order chi connectivity index (χ0) is 14.5. The van der Waals surface area contributed by atoms with Gasteiger partial charge in [0.15, 0.2) is 0 Å². The van der Waals surface area contributed by atoms with Crippen LogP contribution in [-0.2, 0) is 4.74 Å². The molecular formula is C16H24N2O2S. The molecule has 4 nitrogen and oxygen atoms in total. The lowest BCUT2D eigenvalue weighted by Gasteiger charge is -2.30. The number of ether oxygens (including phenoxy) is 1. The maximum atomic E-state index is 12.4. The lowest BCUT2D eigenvalue weighted by Crippen LogP contribution is -2.39. The molecule has 1 aromatic rings. The van der Waals surface area contributed by atoms with Crippen LogP contribution < -0.4 is 0 Å². The lowest BCUT2D eigenvalue weighted by atomic mass is 10.00. The molecule has 2 aliphatic heterocycles. The van der Waals surface area contributed by atoms with Gasteiger partial charge in [0, 0.05) is 38.1 Å². The van der Waals surface area contributed by atoms with Crippen LogP contribution in [0, 0.1) is 5.92 Å². The highest BCUT2D eigenvalue weighted by atomic mass is 32.1. The van der Waals surface area contributed by atoms with Gasteiger partial charge in [0.2, 0.25) is 0 Å². The van der Waals surface area contributed by atoms with Crippen molar-refractivity contribution in [3.8, 4) is 0 Å². The second-order valence-electron chi connectivity index (χ2n) is 6.01. The number of hydrogen-bond donors (Lipinski definition) is 0. The summed E-state index contributed by atoms with van der Waals surface area (Å²) in [6, 6.07) is 1.93. The fourth-order valence-corrected chi connectivity index (χ4v) is 3.90. The first kappa shape index (κ1) is 15.0. The van der Waals surface area contributed by atoms with Crippen molar-refractivity contribution in [2.75, 3.05) is 45.9 Å². The van der Waals surface area contributed by atoms with E-state index in [1.807, 2.05) is 21.7 Å². The zero-order valence-electron chi connectivity index (χ0n) is 12.5. The maximum Gasteiger partial charge on any atom is 0.254 e. The number of likely N-dealkylation sites (tertiary alicyclic amines) is 1. The predicted molar refractivity (Wildman–Crippen MR) is 84.8 cm³/mol. The SMILES string of the molecule is O=C(c1ccsc1)N1CCCC(CN2CCOCC2)CC1. The van der Waals surface area contributed by atoms with Crippen LogP contribution in [0.4, 0.5) is 0 Å². The fourth-order valence-electron chi connectivity index (χ4n) is 3.27. The number of thiophene rings is 1. The average Bonchev–Trinajstić information content (AvgIpc) is 2.95. The van der Waals surface area contributed by atoms with Gasteiger partial charge in [0.05, 0.1) is 18.8 Å². The molecule has 2 saturated heterocycles. The molecule has 5 heteroatoms. The van der Waals surface area contributed by atoms with Crippen LogP contribution >= 0.6 is 11.3 Å². The van der Waals surface area contributed by atoms with Gasteiger partial charge in [-0.25, -0.2) is 0 Å². The van der Waals surface area contributed by atoms with Crippen molar-refractivity contribution in [2.45, 2.75) is 19.3 Å². The first-order valence-electron chi connectivity index (χ1n) is 7.94. The highest BCUT2D eigenvalue weighted by Crippen LogP contribution is 2.21. The van der Waals surface area contributed by atoms with E-state index in [1.165, 1.54) is 13.0 Å². The molecule has 3 heterocycles. The maximum absolute atomic E-state index is 12.4. The Labute approximate surface area is 130 Å². The quantitative estimate of drug-likeness (QED) is 0.859. The van der Waals surface area contributed by atoms with Gasteiger partial charge in [-0.2, -0.15) is 11.3 Å². The number of rotatable bonds is 3. The Hall–Kier alpha value is -0.910. The van der Waals surface area contributed by atoms with E-state index in [4.69, 9.17) is 4.74 Å². The molecule has 1 unspecified atom stereocenters. The standard InChI is InChI=1S/C16H24N2O2S/c19-16(15-4-11-21-13-15)18-5-1-2-14(3-6-18)12-17-7-9-20-10-8-17/h4,11,13-14H,1-3,5-10,12H2. The molecule has 0 N–H and O–H groups in total. The molecule has 2 fully saturated rings. The van der Waals surface area contributed by atoms with Gasteiger partial charge in [0.25, 0.3) is 5.91 Å². The molecule has 116 valence electrons. The van der Waals surface area contributed by atoms with Gasteiger partial charge >= 0.3 is 0 Å². The van der Waals surface area contributed by atoms with Crippen molar-refractivity contribution in [2.24, 2.45) is 5.92 Å². The zero-order valence-corrected chi connectivity index (χ0v) is 13.3. The van der Waals surface area contributed by atoms with Crippen LogP contribution in [-0.4, -0.2) is 61.6 Å². The van der Waals surface area contributed by atoms with Gasteiger partial charge in [-0.05, 0) is 36.6 Å². The second kappa shape index (κ2) is 7.38. The van der Waals surface area contributed by atoms with E-state index in [0.29, 0.717) is 0 Å². The van der Waals surface area contributed by atoms with E-state index >= 15 is 0 Å². The molecular weight excluding hydrogens is 284 g/mol. The third kappa shape index (κ3) is 4.05. The monoisotopic (exact) mass is 308 g/mol.